The summed E-state index contributed by atoms with van der Waals surface area (Å²) in [6, 6.07) is 9.72. The van der Waals surface area contributed by atoms with Gasteiger partial charge in [0.1, 0.15) is 11.3 Å². The van der Waals surface area contributed by atoms with E-state index in [1.165, 1.54) is 25.1 Å². The molecular weight excluding hydrogens is 269 g/mol. The highest BCUT2D eigenvalue weighted by Gasteiger charge is 2.21. The lowest BCUT2D eigenvalue weighted by Gasteiger charge is -2.09. The first kappa shape index (κ1) is 12.4. The molecule has 1 aliphatic rings. The summed E-state index contributed by atoms with van der Waals surface area (Å²) < 4.78 is 15.2. The smallest absolute Gasteiger partial charge is 0.160 e. The summed E-state index contributed by atoms with van der Waals surface area (Å²) in [6.45, 7) is 0.582. The largest absolute Gasteiger partial charge is 0.310 e. The Morgan fingerprint density at radius 2 is 2.14 bits per heavy atom. The molecule has 5 nitrogen and oxygen atoms in total. The van der Waals surface area contributed by atoms with Gasteiger partial charge in [0.05, 0.1) is 11.7 Å². The number of halogens is 1. The van der Waals surface area contributed by atoms with Gasteiger partial charge in [0.15, 0.2) is 5.82 Å². The lowest BCUT2D eigenvalue weighted by Crippen LogP contribution is -2.18. The highest BCUT2D eigenvalue weighted by Crippen LogP contribution is 2.22. The lowest BCUT2D eigenvalue weighted by molar-refractivity contribution is 0.607. The maximum Gasteiger partial charge on any atom is 0.160 e. The molecule has 1 aliphatic carbocycles. The molecule has 0 unspecified atom stereocenters. The van der Waals surface area contributed by atoms with Gasteiger partial charge in [-0.2, -0.15) is 4.68 Å². The van der Waals surface area contributed by atoms with Gasteiger partial charge in [-0.15, -0.1) is 5.10 Å². The van der Waals surface area contributed by atoms with Gasteiger partial charge >= 0.3 is 0 Å². The van der Waals surface area contributed by atoms with Crippen LogP contribution in [0.15, 0.2) is 36.5 Å². The fraction of sp³-hybridized carbons (Fsp3) is 0.267. The molecule has 0 aliphatic heterocycles. The summed E-state index contributed by atoms with van der Waals surface area (Å²) in [5.41, 5.74) is 2.45. The molecule has 2 heterocycles. The quantitative estimate of drug-likeness (QED) is 0.797. The van der Waals surface area contributed by atoms with Crippen LogP contribution in [-0.2, 0) is 6.54 Å². The number of benzene rings is 1. The Bertz CT molecular complexity index is 794. The van der Waals surface area contributed by atoms with Crippen LogP contribution in [0, 0.1) is 5.82 Å². The Labute approximate surface area is 120 Å². The van der Waals surface area contributed by atoms with E-state index in [4.69, 9.17) is 0 Å². The lowest BCUT2D eigenvalue weighted by atomic mass is 10.2. The Morgan fingerprint density at radius 1 is 1.29 bits per heavy atom. The van der Waals surface area contributed by atoms with Gasteiger partial charge < -0.3 is 5.32 Å². The summed E-state index contributed by atoms with van der Waals surface area (Å²) in [5.74, 6) is 0.286. The second-order valence-corrected chi connectivity index (χ2v) is 5.28. The zero-order chi connectivity index (χ0) is 14.2. The number of fused-ring (bicyclic) bond motifs is 1. The molecule has 2 aromatic heterocycles. The number of pyridine rings is 1. The minimum absolute atomic E-state index is 0.337. The SMILES string of the molecule is Fc1cnc(-n2nnc3ccccc32)c(CNC2CC2)c1. The normalized spacial score (nSPS) is 14.7. The summed E-state index contributed by atoms with van der Waals surface area (Å²) in [7, 11) is 0. The number of hydrogen-bond acceptors (Lipinski definition) is 4. The van der Waals surface area contributed by atoms with Crippen molar-refractivity contribution in [3.63, 3.8) is 0 Å². The fourth-order valence-electron chi connectivity index (χ4n) is 2.36. The van der Waals surface area contributed by atoms with Crippen LogP contribution in [0.2, 0.25) is 0 Å². The summed E-state index contributed by atoms with van der Waals surface area (Å²) >= 11 is 0. The van der Waals surface area contributed by atoms with Crippen molar-refractivity contribution in [2.45, 2.75) is 25.4 Å². The van der Waals surface area contributed by atoms with Crippen LogP contribution >= 0.6 is 0 Å². The third-order valence-electron chi connectivity index (χ3n) is 3.62. The molecule has 0 bridgehead atoms. The van der Waals surface area contributed by atoms with Crippen LogP contribution in [0.1, 0.15) is 18.4 Å². The highest BCUT2D eigenvalue weighted by atomic mass is 19.1. The number of nitrogens with one attached hydrogen (secondary N) is 1. The topological polar surface area (TPSA) is 55.6 Å². The molecule has 4 rings (SSSR count). The number of aromatic nitrogens is 4. The predicted octanol–water partition coefficient (Wildman–Crippen LogP) is 2.21. The molecule has 3 aromatic rings. The number of rotatable bonds is 4. The average molecular weight is 283 g/mol. The molecule has 1 aromatic carbocycles. The number of para-hydroxylation sites is 1. The van der Waals surface area contributed by atoms with E-state index >= 15 is 0 Å². The highest BCUT2D eigenvalue weighted by molar-refractivity contribution is 5.75. The van der Waals surface area contributed by atoms with Crippen LogP contribution < -0.4 is 5.32 Å². The zero-order valence-electron chi connectivity index (χ0n) is 11.3. The van der Waals surface area contributed by atoms with Crippen molar-refractivity contribution < 1.29 is 4.39 Å². The third-order valence-corrected chi connectivity index (χ3v) is 3.62. The van der Waals surface area contributed by atoms with Gasteiger partial charge in [0.2, 0.25) is 0 Å². The van der Waals surface area contributed by atoms with Gasteiger partial charge in [-0.05, 0) is 31.0 Å². The van der Waals surface area contributed by atoms with Crippen LogP contribution in [0.5, 0.6) is 0 Å². The zero-order valence-corrected chi connectivity index (χ0v) is 11.3. The molecule has 0 radical (unpaired) electrons. The maximum absolute atomic E-state index is 13.5. The van der Waals surface area contributed by atoms with Crippen molar-refractivity contribution in [1.29, 1.82) is 0 Å². The minimum Gasteiger partial charge on any atom is -0.310 e. The number of nitrogens with zero attached hydrogens (tertiary/aromatic N) is 4. The average Bonchev–Trinajstić information content (AvgIpc) is 3.24. The Balaban J connectivity index is 1.79. The van der Waals surface area contributed by atoms with E-state index in [-0.39, 0.29) is 5.82 Å². The molecule has 106 valence electrons. The molecule has 6 heteroatoms. The Morgan fingerprint density at radius 3 is 3.00 bits per heavy atom. The van der Waals surface area contributed by atoms with Gasteiger partial charge in [-0.1, -0.05) is 17.3 Å². The molecule has 0 saturated heterocycles. The standard InChI is InChI=1S/C15H14FN5/c16-11-7-10(8-17-12-5-6-12)15(18-9-11)21-14-4-2-1-3-13(14)19-20-21/h1-4,7,9,12,17H,5-6,8H2. The molecular formula is C15H14FN5. The molecule has 21 heavy (non-hydrogen) atoms. The van der Waals surface area contributed by atoms with Crippen LogP contribution in [0.3, 0.4) is 0 Å². The van der Waals surface area contributed by atoms with Crippen molar-refractivity contribution in [2.75, 3.05) is 0 Å². The third kappa shape index (κ3) is 2.38. The van der Waals surface area contributed by atoms with Gasteiger partial charge in [-0.25, -0.2) is 9.37 Å². The first-order chi connectivity index (χ1) is 10.3. The summed E-state index contributed by atoms with van der Waals surface area (Å²) in [4.78, 5) is 4.21. The van der Waals surface area contributed by atoms with Gasteiger partial charge in [0, 0.05) is 18.2 Å². The van der Waals surface area contributed by atoms with Crippen molar-refractivity contribution >= 4 is 11.0 Å². The first-order valence-corrected chi connectivity index (χ1v) is 7.00. The summed E-state index contributed by atoms with van der Waals surface area (Å²) in [5, 5.41) is 11.7. The van der Waals surface area contributed by atoms with Crippen molar-refractivity contribution in [3.8, 4) is 5.82 Å². The van der Waals surface area contributed by atoms with Crippen LogP contribution in [0.4, 0.5) is 4.39 Å². The Hall–Kier alpha value is -2.34. The fourth-order valence-corrected chi connectivity index (χ4v) is 2.36. The maximum atomic E-state index is 13.5. The van der Waals surface area contributed by atoms with Crippen molar-refractivity contribution in [2.24, 2.45) is 0 Å². The molecule has 0 spiro atoms. The van der Waals surface area contributed by atoms with Crippen LogP contribution in [-0.4, -0.2) is 26.0 Å². The Kier molecular flexibility index (Phi) is 2.89. The molecule has 0 amide bonds. The molecule has 1 N–H and O–H groups in total. The molecule has 1 saturated carbocycles. The van der Waals surface area contributed by atoms with Crippen molar-refractivity contribution in [1.82, 2.24) is 25.3 Å². The summed E-state index contributed by atoms with van der Waals surface area (Å²) in [6.07, 6.45) is 3.58. The van der Waals surface area contributed by atoms with E-state index in [1.807, 2.05) is 24.3 Å². The van der Waals surface area contributed by atoms with Gasteiger partial charge in [0.25, 0.3) is 0 Å². The first-order valence-electron chi connectivity index (χ1n) is 7.00. The van der Waals surface area contributed by atoms with E-state index < -0.39 is 0 Å². The van der Waals surface area contributed by atoms with Gasteiger partial charge in [-0.3, -0.25) is 0 Å². The van der Waals surface area contributed by atoms with E-state index in [0.29, 0.717) is 18.4 Å². The molecule has 1 fully saturated rings. The second kappa shape index (κ2) is 4.89. The van der Waals surface area contributed by atoms with E-state index in [1.54, 1.807) is 4.68 Å². The van der Waals surface area contributed by atoms with Crippen LogP contribution in [0.25, 0.3) is 16.9 Å². The monoisotopic (exact) mass is 283 g/mol. The second-order valence-electron chi connectivity index (χ2n) is 5.28. The minimum atomic E-state index is -0.337. The predicted molar refractivity (Wildman–Crippen MR) is 76.5 cm³/mol. The van der Waals surface area contributed by atoms with E-state index in [0.717, 1.165) is 16.6 Å². The van der Waals surface area contributed by atoms with Crippen molar-refractivity contribution in [3.05, 3.63) is 47.9 Å². The number of hydrogen-bond donors (Lipinski definition) is 1. The van der Waals surface area contributed by atoms with E-state index in [9.17, 15) is 4.39 Å². The molecule has 0 atom stereocenters. The van der Waals surface area contributed by atoms with E-state index in [2.05, 4.69) is 20.6 Å².